The fourth-order valence-electron chi connectivity index (χ4n) is 11.5. The van der Waals surface area contributed by atoms with Crippen LogP contribution in [-0.2, 0) is 0 Å². The molecule has 0 N–H and O–H groups in total. The second kappa shape index (κ2) is 15.5. The van der Waals surface area contributed by atoms with Crippen LogP contribution < -0.4 is 0 Å². The smallest absolute Gasteiger partial charge is 0.164 e. The molecule has 4 nitrogen and oxygen atoms in total. The van der Waals surface area contributed by atoms with Gasteiger partial charge in [0.15, 0.2) is 17.5 Å². The normalized spacial score (nSPS) is 12.2. The van der Waals surface area contributed by atoms with Gasteiger partial charge < -0.3 is 4.57 Å². The lowest BCUT2D eigenvalue weighted by molar-refractivity contribution is 1.08. The zero-order chi connectivity index (χ0) is 47.0. The van der Waals surface area contributed by atoms with Crippen molar-refractivity contribution in [2.75, 3.05) is 0 Å². The van der Waals surface area contributed by atoms with Gasteiger partial charge in [0.05, 0.1) is 16.7 Å². The van der Waals surface area contributed by atoms with Gasteiger partial charge in [-0.25, -0.2) is 15.0 Å². The summed E-state index contributed by atoms with van der Waals surface area (Å²) in [6, 6.07) is 79.8. The molecule has 0 amide bonds. The van der Waals surface area contributed by atoms with Crippen molar-refractivity contribution in [3.8, 4) is 51.0 Å². The molecule has 0 fully saturated rings. The summed E-state index contributed by atoms with van der Waals surface area (Å²) < 4.78 is 9.92. The van der Waals surface area contributed by atoms with Crippen molar-refractivity contribution < 1.29 is 0 Å². The van der Waals surface area contributed by atoms with E-state index in [-0.39, 0.29) is 0 Å². The summed E-state index contributed by atoms with van der Waals surface area (Å²) in [5, 5.41) is 14.6. The largest absolute Gasteiger partial charge is 0.309 e. The molecular formula is C65H36N4S3. The third kappa shape index (κ3) is 5.93. The van der Waals surface area contributed by atoms with Crippen LogP contribution in [0.25, 0.3) is 155 Å². The minimum atomic E-state index is 0.623. The average molecular weight is 969 g/mol. The summed E-state index contributed by atoms with van der Waals surface area (Å²) in [4.78, 5) is 16.6. The van der Waals surface area contributed by atoms with Crippen LogP contribution in [-0.4, -0.2) is 19.5 Å². The Morgan fingerprint density at radius 3 is 1.35 bits per heavy atom. The van der Waals surface area contributed by atoms with Crippen LogP contribution in [0.1, 0.15) is 0 Å². The Labute approximate surface area is 424 Å². The quantitative estimate of drug-likeness (QED) is 0.173. The number of nitrogens with zero attached hydrogens (tertiary/aromatic N) is 4. The third-order valence-corrected chi connectivity index (χ3v) is 18.0. The minimum Gasteiger partial charge on any atom is -0.309 e. The van der Waals surface area contributed by atoms with Crippen molar-refractivity contribution in [2.24, 2.45) is 0 Å². The maximum absolute atomic E-state index is 5.54. The number of hydrogen-bond donors (Lipinski definition) is 0. The molecule has 11 aromatic carbocycles. The highest BCUT2D eigenvalue weighted by Gasteiger charge is 2.24. The summed E-state index contributed by atoms with van der Waals surface area (Å²) in [6.07, 6.45) is 0. The fourth-order valence-corrected chi connectivity index (χ4v) is 14.9. The Hall–Kier alpha value is -8.59. The van der Waals surface area contributed by atoms with E-state index in [1.54, 1.807) is 0 Å². The highest BCUT2D eigenvalue weighted by molar-refractivity contribution is 7.26. The van der Waals surface area contributed by atoms with E-state index in [4.69, 9.17) is 15.0 Å². The van der Waals surface area contributed by atoms with Crippen molar-refractivity contribution in [3.05, 3.63) is 218 Å². The Morgan fingerprint density at radius 2 is 0.750 bits per heavy atom. The van der Waals surface area contributed by atoms with Crippen LogP contribution in [0.15, 0.2) is 218 Å². The summed E-state index contributed by atoms with van der Waals surface area (Å²) in [5.41, 5.74) is 8.57. The molecule has 16 aromatic rings. The summed E-state index contributed by atoms with van der Waals surface area (Å²) in [5.74, 6) is 1.93. The van der Waals surface area contributed by atoms with E-state index < -0.39 is 0 Å². The topological polar surface area (TPSA) is 43.6 Å². The molecule has 0 bridgehead atoms. The molecule has 334 valence electrons. The molecule has 0 aliphatic carbocycles. The first-order chi connectivity index (χ1) is 35.7. The maximum atomic E-state index is 5.54. The van der Waals surface area contributed by atoms with E-state index in [0.29, 0.717) is 17.5 Å². The Bertz CT molecular complexity index is 4820. The van der Waals surface area contributed by atoms with Crippen molar-refractivity contribution in [1.29, 1.82) is 0 Å². The van der Waals surface area contributed by atoms with E-state index in [1.807, 2.05) is 34.0 Å². The number of rotatable bonds is 5. The Kier molecular flexibility index (Phi) is 8.62. The molecule has 0 aliphatic rings. The molecule has 0 saturated carbocycles. The highest BCUT2D eigenvalue weighted by atomic mass is 32.1. The van der Waals surface area contributed by atoms with Crippen molar-refractivity contribution in [3.63, 3.8) is 0 Å². The molecule has 16 rings (SSSR count). The number of hydrogen-bond acceptors (Lipinski definition) is 6. The van der Waals surface area contributed by atoms with Gasteiger partial charge in [-0.15, -0.1) is 34.0 Å². The van der Waals surface area contributed by atoms with Gasteiger partial charge in [-0.1, -0.05) is 146 Å². The summed E-state index contributed by atoms with van der Waals surface area (Å²) >= 11 is 5.47. The molecular weight excluding hydrogens is 933 g/mol. The number of thiophene rings is 3. The molecule has 7 heteroatoms. The molecule has 72 heavy (non-hydrogen) atoms. The lowest BCUT2D eigenvalue weighted by atomic mass is 9.95. The molecule has 0 atom stereocenters. The van der Waals surface area contributed by atoms with E-state index in [1.165, 1.54) is 92.8 Å². The van der Waals surface area contributed by atoms with Gasteiger partial charge in [0.2, 0.25) is 0 Å². The maximum Gasteiger partial charge on any atom is 0.164 e. The molecule has 0 saturated heterocycles. The number of fused-ring (bicyclic) bond motifs is 15. The lowest BCUT2D eigenvalue weighted by Gasteiger charge is -2.17. The standard InChI is InChI=1S/C65H36N4S3/c1-2-16-39-36-52-49(34-38(39)15-1)59-41-17-4-3-14-37(41)30-33-51(59)69(52)50-32-31-40(35-48(50)42-21-11-27-56-60(42)43-18-5-8-24-53(43)70-56)63-66-64(46-22-12-28-57-61(46)44-19-6-9-25-54(44)71-57)68-65(67-63)47-23-13-29-58-62(47)45-20-7-10-26-55(45)72-58/h1-36H. The van der Waals surface area contributed by atoms with E-state index in [9.17, 15) is 0 Å². The third-order valence-electron chi connectivity index (χ3n) is 14.6. The van der Waals surface area contributed by atoms with Crippen LogP contribution in [0.4, 0.5) is 0 Å². The van der Waals surface area contributed by atoms with Crippen molar-refractivity contribution in [2.45, 2.75) is 0 Å². The van der Waals surface area contributed by atoms with E-state index in [2.05, 4.69) is 223 Å². The van der Waals surface area contributed by atoms with E-state index in [0.717, 1.165) is 44.5 Å². The van der Waals surface area contributed by atoms with Gasteiger partial charge in [0.1, 0.15) is 0 Å². The summed E-state index contributed by atoms with van der Waals surface area (Å²) in [7, 11) is 0. The zero-order valence-electron chi connectivity index (χ0n) is 38.3. The second-order valence-electron chi connectivity index (χ2n) is 18.6. The SMILES string of the molecule is c1ccc2cc3c(cc2c1)c1c2ccccc2ccc1n3-c1ccc(-c2nc(-c3cccc4sc5ccccc5c34)nc(-c3cccc4sc5ccccc5c34)n2)cc1-c1cccc2sc3ccccc3c12. The first kappa shape index (κ1) is 40.2. The Balaban J connectivity index is 1.02. The Morgan fingerprint density at radius 1 is 0.278 bits per heavy atom. The molecule has 0 spiro atoms. The minimum absolute atomic E-state index is 0.623. The first-order valence-corrected chi connectivity index (χ1v) is 26.6. The van der Waals surface area contributed by atoms with Crippen molar-refractivity contribution in [1.82, 2.24) is 19.5 Å². The molecule has 0 aliphatic heterocycles. The van der Waals surface area contributed by atoms with Gasteiger partial charge in [0, 0.05) is 93.5 Å². The predicted molar refractivity (Wildman–Crippen MR) is 310 cm³/mol. The predicted octanol–water partition coefficient (Wildman–Crippen LogP) is 19.0. The molecule has 0 radical (unpaired) electrons. The monoisotopic (exact) mass is 968 g/mol. The van der Waals surface area contributed by atoms with Gasteiger partial charge in [0.25, 0.3) is 0 Å². The molecule has 5 heterocycles. The number of aromatic nitrogens is 4. The molecule has 5 aromatic heterocycles. The van der Waals surface area contributed by atoms with Crippen LogP contribution in [0.2, 0.25) is 0 Å². The van der Waals surface area contributed by atoms with Gasteiger partial charge in [-0.3, -0.25) is 0 Å². The fraction of sp³-hybridized carbons (Fsp3) is 0. The van der Waals surface area contributed by atoms with Gasteiger partial charge in [-0.05, 0) is 99.9 Å². The van der Waals surface area contributed by atoms with Crippen LogP contribution >= 0.6 is 34.0 Å². The average Bonchev–Trinajstić information content (AvgIpc) is 4.21. The first-order valence-electron chi connectivity index (χ1n) is 24.2. The summed E-state index contributed by atoms with van der Waals surface area (Å²) in [6.45, 7) is 0. The lowest BCUT2D eigenvalue weighted by Crippen LogP contribution is -2.02. The second-order valence-corrected chi connectivity index (χ2v) is 21.9. The van der Waals surface area contributed by atoms with E-state index >= 15 is 0 Å². The highest BCUT2D eigenvalue weighted by Crippen LogP contribution is 2.47. The van der Waals surface area contributed by atoms with Gasteiger partial charge >= 0.3 is 0 Å². The van der Waals surface area contributed by atoms with Gasteiger partial charge in [-0.2, -0.15) is 0 Å². The van der Waals surface area contributed by atoms with Crippen LogP contribution in [0, 0.1) is 0 Å². The zero-order valence-corrected chi connectivity index (χ0v) is 40.7. The van der Waals surface area contributed by atoms with Crippen molar-refractivity contribution >= 4 is 138 Å². The van der Waals surface area contributed by atoms with Crippen LogP contribution in [0.3, 0.4) is 0 Å². The molecule has 0 unspecified atom stereocenters. The number of benzene rings is 11. The van der Waals surface area contributed by atoms with Crippen LogP contribution in [0.5, 0.6) is 0 Å².